The Balaban J connectivity index is 3.15. The van der Waals surface area contributed by atoms with Crippen molar-refractivity contribution in [3.8, 4) is 0 Å². The summed E-state index contributed by atoms with van der Waals surface area (Å²) in [6.45, 7) is 0.787. The minimum Gasteiger partial charge on any atom is -0.465 e. The smallest absolute Gasteiger partial charge is 0.340 e. The molecule has 1 rings (SSSR count). The molecule has 1 aromatic rings. The number of anilines is 1. The zero-order valence-electron chi connectivity index (χ0n) is 10.3. The first-order valence-electron chi connectivity index (χ1n) is 5.51. The fourth-order valence-corrected chi connectivity index (χ4v) is 1.45. The molecule has 19 heavy (non-hydrogen) atoms. The van der Waals surface area contributed by atoms with Gasteiger partial charge in [-0.1, -0.05) is 0 Å². The number of nitro groups is 1. The number of ether oxygens (including phenoxy) is 1. The first kappa shape index (κ1) is 14.8. The van der Waals surface area contributed by atoms with Crippen LogP contribution in [0, 0.1) is 15.9 Å². The predicted octanol–water partition coefficient (Wildman–Crippen LogP) is 1.28. The second-order valence-corrected chi connectivity index (χ2v) is 3.67. The van der Waals surface area contributed by atoms with Crippen molar-refractivity contribution in [3.05, 3.63) is 33.6 Å². The maximum absolute atomic E-state index is 13.6. The number of hydrogen-bond acceptors (Lipinski definition) is 6. The van der Waals surface area contributed by atoms with Crippen molar-refractivity contribution in [3.63, 3.8) is 0 Å². The summed E-state index contributed by atoms with van der Waals surface area (Å²) in [6, 6.07) is 1.76. The highest BCUT2D eigenvalue weighted by atomic mass is 19.1. The molecule has 0 aliphatic heterocycles. The number of carbonyl (C=O) groups is 1. The Kier molecular flexibility index (Phi) is 5.19. The zero-order chi connectivity index (χ0) is 14.4. The Hall–Kier alpha value is -2.22. The quantitative estimate of drug-likeness (QED) is 0.349. The Morgan fingerprint density at radius 2 is 2.26 bits per heavy atom. The van der Waals surface area contributed by atoms with Crippen LogP contribution in [0.4, 0.5) is 15.8 Å². The Morgan fingerprint density at radius 3 is 2.79 bits per heavy atom. The first-order valence-corrected chi connectivity index (χ1v) is 5.51. The molecular formula is C11H14FN3O4. The van der Waals surface area contributed by atoms with Gasteiger partial charge in [0.2, 0.25) is 0 Å². The van der Waals surface area contributed by atoms with Crippen molar-refractivity contribution >= 4 is 17.3 Å². The monoisotopic (exact) mass is 271 g/mol. The van der Waals surface area contributed by atoms with E-state index in [1.54, 1.807) is 0 Å². The number of rotatable bonds is 6. The molecule has 0 amide bonds. The molecule has 0 fully saturated rings. The molecule has 0 aromatic heterocycles. The molecule has 0 atom stereocenters. The molecule has 3 N–H and O–H groups in total. The number of hydrogen-bond donors (Lipinski definition) is 2. The maximum atomic E-state index is 13.6. The normalized spacial score (nSPS) is 10.1. The fraction of sp³-hybridized carbons (Fsp3) is 0.364. The number of nitrogens with one attached hydrogen (secondary N) is 1. The van der Waals surface area contributed by atoms with Crippen LogP contribution in [0.1, 0.15) is 16.8 Å². The van der Waals surface area contributed by atoms with Crippen molar-refractivity contribution in [1.29, 1.82) is 0 Å². The lowest BCUT2D eigenvalue weighted by atomic mass is 10.1. The maximum Gasteiger partial charge on any atom is 0.340 e. The summed E-state index contributed by atoms with van der Waals surface area (Å²) in [7, 11) is 1.10. The summed E-state index contributed by atoms with van der Waals surface area (Å²) < 4.78 is 18.0. The third-order valence-electron chi connectivity index (χ3n) is 2.38. The van der Waals surface area contributed by atoms with E-state index in [0.29, 0.717) is 25.6 Å². The summed E-state index contributed by atoms with van der Waals surface area (Å²) >= 11 is 0. The number of benzene rings is 1. The summed E-state index contributed by atoms with van der Waals surface area (Å²) in [5.74, 6) is -1.89. The van der Waals surface area contributed by atoms with Crippen molar-refractivity contribution < 1.29 is 18.8 Å². The molecular weight excluding hydrogens is 257 g/mol. The topological polar surface area (TPSA) is 107 Å². The molecule has 0 aliphatic rings. The van der Waals surface area contributed by atoms with Crippen molar-refractivity contribution in [2.45, 2.75) is 6.42 Å². The molecule has 1 aromatic carbocycles. The van der Waals surface area contributed by atoms with Gasteiger partial charge >= 0.3 is 5.97 Å². The number of nitro benzene ring substituents is 1. The molecule has 0 radical (unpaired) electrons. The highest BCUT2D eigenvalue weighted by Crippen LogP contribution is 2.28. The van der Waals surface area contributed by atoms with Gasteiger partial charge in [-0.2, -0.15) is 0 Å². The van der Waals surface area contributed by atoms with Crippen LogP contribution >= 0.6 is 0 Å². The van der Waals surface area contributed by atoms with Crippen LogP contribution in [0.25, 0.3) is 0 Å². The minimum absolute atomic E-state index is 0.0558. The Labute approximate surface area is 108 Å². The van der Waals surface area contributed by atoms with Gasteiger partial charge in [-0.3, -0.25) is 10.1 Å². The van der Waals surface area contributed by atoms with E-state index in [0.717, 1.165) is 13.2 Å². The standard InChI is InChI=1S/C11H14FN3O4/c1-19-11(16)7-5-9(14-4-2-3-13)10(15(17)18)6-8(7)12/h5-6,14H,2-4,13H2,1H3. The number of methoxy groups -OCH3 is 1. The van der Waals surface area contributed by atoms with Gasteiger partial charge < -0.3 is 15.8 Å². The number of esters is 1. The third kappa shape index (κ3) is 3.62. The summed E-state index contributed by atoms with van der Waals surface area (Å²) in [5.41, 5.74) is 4.56. The summed E-state index contributed by atoms with van der Waals surface area (Å²) in [4.78, 5) is 21.4. The number of halogens is 1. The lowest BCUT2D eigenvalue weighted by Crippen LogP contribution is -2.12. The van der Waals surface area contributed by atoms with Gasteiger partial charge in [0, 0.05) is 6.54 Å². The molecule has 8 heteroatoms. The number of nitrogens with zero attached hydrogens (tertiary/aromatic N) is 1. The lowest BCUT2D eigenvalue weighted by Gasteiger charge is -2.09. The largest absolute Gasteiger partial charge is 0.465 e. The average molecular weight is 271 g/mol. The van der Waals surface area contributed by atoms with Gasteiger partial charge in [0.05, 0.1) is 23.7 Å². The van der Waals surface area contributed by atoms with Crippen molar-refractivity contribution in [2.24, 2.45) is 5.73 Å². The lowest BCUT2D eigenvalue weighted by molar-refractivity contribution is -0.384. The van der Waals surface area contributed by atoms with E-state index in [2.05, 4.69) is 10.1 Å². The second kappa shape index (κ2) is 6.64. The van der Waals surface area contributed by atoms with Gasteiger partial charge in [-0.05, 0) is 19.0 Å². The van der Waals surface area contributed by atoms with Gasteiger partial charge in [0.25, 0.3) is 5.69 Å². The predicted molar refractivity (Wildman–Crippen MR) is 66.6 cm³/mol. The van der Waals surface area contributed by atoms with E-state index < -0.39 is 22.4 Å². The molecule has 7 nitrogen and oxygen atoms in total. The molecule has 0 heterocycles. The molecule has 0 saturated carbocycles. The van der Waals surface area contributed by atoms with E-state index in [9.17, 15) is 19.3 Å². The summed E-state index contributed by atoms with van der Waals surface area (Å²) in [5, 5.41) is 13.6. The van der Waals surface area contributed by atoms with Crippen LogP contribution in [-0.2, 0) is 4.74 Å². The van der Waals surface area contributed by atoms with Gasteiger partial charge in [-0.25, -0.2) is 9.18 Å². The van der Waals surface area contributed by atoms with Crippen LogP contribution in [0.3, 0.4) is 0 Å². The fourth-order valence-electron chi connectivity index (χ4n) is 1.45. The average Bonchev–Trinajstić information content (AvgIpc) is 2.39. The number of nitrogens with two attached hydrogens (primary N) is 1. The molecule has 0 saturated heterocycles. The molecule has 0 bridgehead atoms. The SMILES string of the molecule is COC(=O)c1cc(NCCCN)c([N+](=O)[O-])cc1F. The van der Waals surface area contributed by atoms with Crippen LogP contribution in [0.15, 0.2) is 12.1 Å². The highest BCUT2D eigenvalue weighted by Gasteiger charge is 2.22. The van der Waals surface area contributed by atoms with Crippen molar-refractivity contribution in [2.75, 3.05) is 25.5 Å². The summed E-state index contributed by atoms with van der Waals surface area (Å²) in [6.07, 6.45) is 0.585. The zero-order valence-corrected chi connectivity index (χ0v) is 10.3. The van der Waals surface area contributed by atoms with Gasteiger partial charge in [0.1, 0.15) is 11.5 Å². The van der Waals surface area contributed by atoms with Crippen LogP contribution in [-0.4, -0.2) is 31.1 Å². The van der Waals surface area contributed by atoms with Crippen molar-refractivity contribution in [1.82, 2.24) is 0 Å². The second-order valence-electron chi connectivity index (χ2n) is 3.67. The third-order valence-corrected chi connectivity index (χ3v) is 2.38. The van der Waals surface area contributed by atoms with Crippen LogP contribution in [0.2, 0.25) is 0 Å². The van der Waals surface area contributed by atoms with Gasteiger partial charge in [0.15, 0.2) is 0 Å². The van der Waals surface area contributed by atoms with E-state index in [1.165, 1.54) is 0 Å². The van der Waals surface area contributed by atoms with Gasteiger partial charge in [-0.15, -0.1) is 0 Å². The van der Waals surface area contributed by atoms with E-state index >= 15 is 0 Å². The first-order chi connectivity index (χ1) is 9.01. The Bertz CT molecular complexity index is 493. The van der Waals surface area contributed by atoms with E-state index in [1.807, 2.05) is 0 Å². The van der Waals surface area contributed by atoms with Crippen LogP contribution < -0.4 is 11.1 Å². The molecule has 104 valence electrons. The molecule has 0 unspecified atom stereocenters. The van der Waals surface area contributed by atoms with E-state index in [-0.39, 0.29) is 11.3 Å². The number of carbonyl (C=O) groups excluding carboxylic acids is 1. The molecule has 0 aliphatic carbocycles. The Morgan fingerprint density at radius 1 is 1.58 bits per heavy atom. The van der Waals surface area contributed by atoms with E-state index in [4.69, 9.17) is 5.73 Å². The minimum atomic E-state index is -0.997. The van der Waals surface area contributed by atoms with Crippen LogP contribution in [0.5, 0.6) is 0 Å². The molecule has 0 spiro atoms. The highest BCUT2D eigenvalue weighted by molar-refractivity contribution is 5.91.